The molecule has 1 fully saturated rings. The van der Waals surface area contributed by atoms with Crippen LogP contribution in [0.25, 0.3) is 0 Å². The third-order valence-electron chi connectivity index (χ3n) is 4.27. The van der Waals surface area contributed by atoms with Gasteiger partial charge >= 0.3 is 6.03 Å². The fourth-order valence-corrected chi connectivity index (χ4v) is 2.70. The minimum Gasteiger partial charge on any atom is -0.484 e. The molecule has 0 saturated carbocycles. The van der Waals surface area contributed by atoms with E-state index in [-0.39, 0.29) is 18.5 Å². The van der Waals surface area contributed by atoms with E-state index in [1.807, 2.05) is 23.1 Å². The Morgan fingerprint density at radius 3 is 2.83 bits per heavy atom. The van der Waals surface area contributed by atoms with Crippen molar-refractivity contribution >= 4 is 11.9 Å². The molecule has 1 aromatic carbocycles. The molecule has 2 rings (SSSR count). The normalized spacial score (nSPS) is 17.3. The molecular formula is C18H27N3O3. The van der Waals surface area contributed by atoms with Gasteiger partial charge in [0.05, 0.1) is 0 Å². The number of nitrogens with zero attached hydrogens (tertiary/aromatic N) is 2. The van der Waals surface area contributed by atoms with Gasteiger partial charge in [-0.15, -0.1) is 0 Å². The van der Waals surface area contributed by atoms with Crippen molar-refractivity contribution in [3.05, 3.63) is 29.8 Å². The van der Waals surface area contributed by atoms with Gasteiger partial charge in [0.15, 0.2) is 6.61 Å². The van der Waals surface area contributed by atoms with Gasteiger partial charge in [-0.25, -0.2) is 4.79 Å². The fraction of sp³-hybridized carbons (Fsp3) is 0.556. The van der Waals surface area contributed by atoms with E-state index < -0.39 is 0 Å². The molecule has 1 N–H and O–H groups in total. The lowest BCUT2D eigenvalue weighted by Crippen LogP contribution is -2.47. The molecule has 24 heavy (non-hydrogen) atoms. The number of carbonyl (C=O) groups excluding carboxylic acids is 2. The van der Waals surface area contributed by atoms with Crippen LogP contribution in [0, 0.1) is 0 Å². The highest BCUT2D eigenvalue weighted by molar-refractivity contribution is 5.77. The van der Waals surface area contributed by atoms with E-state index in [4.69, 9.17) is 4.74 Å². The van der Waals surface area contributed by atoms with Crippen LogP contribution in [0.4, 0.5) is 4.79 Å². The van der Waals surface area contributed by atoms with E-state index in [2.05, 4.69) is 12.2 Å². The van der Waals surface area contributed by atoms with Gasteiger partial charge in [-0.3, -0.25) is 4.79 Å². The largest absolute Gasteiger partial charge is 0.484 e. The first-order chi connectivity index (χ1) is 11.5. The zero-order valence-corrected chi connectivity index (χ0v) is 14.7. The number of benzene rings is 1. The third-order valence-corrected chi connectivity index (χ3v) is 4.27. The van der Waals surface area contributed by atoms with Crippen molar-refractivity contribution in [2.24, 2.45) is 0 Å². The first kappa shape index (κ1) is 18.1. The van der Waals surface area contributed by atoms with Crippen LogP contribution in [0.5, 0.6) is 5.75 Å². The molecule has 1 heterocycles. The number of ether oxygens (including phenoxy) is 1. The molecule has 6 nitrogen and oxygen atoms in total. The second kappa shape index (κ2) is 8.57. The molecule has 1 aromatic rings. The molecule has 0 spiro atoms. The predicted octanol–water partition coefficient (Wildman–Crippen LogP) is 2.24. The molecule has 3 amide bonds. The summed E-state index contributed by atoms with van der Waals surface area (Å²) in [5.74, 6) is 0.538. The number of likely N-dealkylation sites (N-methyl/N-ethyl adjacent to an activating group) is 1. The Kier molecular flexibility index (Phi) is 6.46. The first-order valence-electron chi connectivity index (χ1n) is 8.43. The predicted molar refractivity (Wildman–Crippen MR) is 92.9 cm³/mol. The third kappa shape index (κ3) is 5.15. The minimum absolute atomic E-state index is 0.00804. The molecule has 0 unspecified atom stereocenters. The number of piperidine rings is 1. The van der Waals surface area contributed by atoms with Gasteiger partial charge in [0, 0.05) is 33.2 Å². The molecular weight excluding hydrogens is 306 g/mol. The Labute approximate surface area is 143 Å². The fourth-order valence-electron chi connectivity index (χ4n) is 2.70. The van der Waals surface area contributed by atoms with Crippen LogP contribution < -0.4 is 10.1 Å². The van der Waals surface area contributed by atoms with Gasteiger partial charge < -0.3 is 19.9 Å². The Morgan fingerprint density at radius 2 is 2.12 bits per heavy atom. The highest BCUT2D eigenvalue weighted by atomic mass is 16.5. The Balaban J connectivity index is 1.85. The second-order valence-corrected chi connectivity index (χ2v) is 6.42. The number of carbonyl (C=O) groups is 2. The molecule has 132 valence electrons. The van der Waals surface area contributed by atoms with Crippen molar-refractivity contribution in [2.45, 2.75) is 38.8 Å². The van der Waals surface area contributed by atoms with E-state index in [1.165, 1.54) is 11.3 Å². The smallest absolute Gasteiger partial charge is 0.317 e. The summed E-state index contributed by atoms with van der Waals surface area (Å²) in [7, 11) is 3.39. The second-order valence-electron chi connectivity index (χ2n) is 6.42. The van der Waals surface area contributed by atoms with Crippen molar-refractivity contribution in [3.8, 4) is 5.75 Å². The van der Waals surface area contributed by atoms with Crippen molar-refractivity contribution in [1.29, 1.82) is 0 Å². The SMILES string of the molecule is C[C@H]1CCCCN1C(=O)NCc1cccc(OCC(=O)N(C)C)c1. The van der Waals surface area contributed by atoms with Crippen LogP contribution in [0.3, 0.4) is 0 Å². The lowest BCUT2D eigenvalue weighted by atomic mass is 10.0. The van der Waals surface area contributed by atoms with Gasteiger partial charge in [0.25, 0.3) is 5.91 Å². The number of likely N-dealkylation sites (tertiary alicyclic amines) is 1. The summed E-state index contributed by atoms with van der Waals surface area (Å²) in [4.78, 5) is 27.2. The molecule has 0 bridgehead atoms. The Morgan fingerprint density at radius 1 is 1.33 bits per heavy atom. The summed E-state index contributed by atoms with van der Waals surface area (Å²) in [5.41, 5.74) is 0.947. The van der Waals surface area contributed by atoms with Gasteiger partial charge in [0.1, 0.15) is 5.75 Å². The van der Waals surface area contributed by atoms with Crippen molar-refractivity contribution in [2.75, 3.05) is 27.2 Å². The average molecular weight is 333 g/mol. The van der Waals surface area contributed by atoms with E-state index in [9.17, 15) is 9.59 Å². The highest BCUT2D eigenvalue weighted by Crippen LogP contribution is 2.17. The molecule has 1 aliphatic heterocycles. The standard InChI is InChI=1S/C18H27N3O3/c1-14-7-4-5-10-21(14)18(23)19-12-15-8-6-9-16(11-15)24-13-17(22)20(2)3/h6,8-9,11,14H,4-5,7,10,12-13H2,1-3H3,(H,19,23)/t14-/m0/s1. The maximum atomic E-state index is 12.3. The maximum absolute atomic E-state index is 12.3. The summed E-state index contributed by atoms with van der Waals surface area (Å²) in [5, 5.41) is 2.97. The average Bonchev–Trinajstić information content (AvgIpc) is 2.58. The van der Waals surface area contributed by atoms with Crippen LogP contribution in [0.2, 0.25) is 0 Å². The number of nitrogens with one attached hydrogen (secondary N) is 1. The summed E-state index contributed by atoms with van der Waals surface area (Å²) < 4.78 is 5.50. The van der Waals surface area contributed by atoms with E-state index in [1.54, 1.807) is 20.2 Å². The molecule has 1 atom stereocenters. The monoisotopic (exact) mass is 333 g/mol. The van der Waals surface area contributed by atoms with Gasteiger partial charge in [-0.1, -0.05) is 12.1 Å². The van der Waals surface area contributed by atoms with Crippen LogP contribution in [-0.4, -0.2) is 55.0 Å². The number of hydrogen-bond donors (Lipinski definition) is 1. The van der Waals surface area contributed by atoms with E-state index >= 15 is 0 Å². The van der Waals surface area contributed by atoms with Gasteiger partial charge in [0.2, 0.25) is 0 Å². The Hall–Kier alpha value is -2.24. The minimum atomic E-state index is -0.0900. The summed E-state index contributed by atoms with van der Waals surface area (Å²) >= 11 is 0. The quantitative estimate of drug-likeness (QED) is 0.899. The zero-order valence-electron chi connectivity index (χ0n) is 14.7. The molecule has 0 radical (unpaired) electrons. The Bertz CT molecular complexity index is 574. The lowest BCUT2D eigenvalue weighted by molar-refractivity contribution is -0.130. The number of urea groups is 1. The van der Waals surface area contributed by atoms with Crippen molar-refractivity contribution in [1.82, 2.24) is 15.1 Å². The van der Waals surface area contributed by atoms with Crippen LogP contribution >= 0.6 is 0 Å². The number of hydrogen-bond acceptors (Lipinski definition) is 3. The summed E-state index contributed by atoms with van der Waals surface area (Å²) in [6, 6.07) is 7.73. The zero-order chi connectivity index (χ0) is 17.5. The molecule has 0 aromatic heterocycles. The summed E-state index contributed by atoms with van der Waals surface area (Å²) in [6.45, 7) is 3.37. The highest BCUT2D eigenvalue weighted by Gasteiger charge is 2.22. The maximum Gasteiger partial charge on any atom is 0.317 e. The van der Waals surface area contributed by atoms with Crippen molar-refractivity contribution < 1.29 is 14.3 Å². The lowest BCUT2D eigenvalue weighted by Gasteiger charge is -2.33. The van der Waals surface area contributed by atoms with Crippen molar-refractivity contribution in [3.63, 3.8) is 0 Å². The van der Waals surface area contributed by atoms with Crippen LogP contribution in [0.15, 0.2) is 24.3 Å². The first-order valence-corrected chi connectivity index (χ1v) is 8.43. The topological polar surface area (TPSA) is 61.9 Å². The number of rotatable bonds is 5. The van der Waals surface area contributed by atoms with E-state index in [0.717, 1.165) is 24.9 Å². The van der Waals surface area contributed by atoms with Gasteiger partial charge in [-0.05, 0) is 43.9 Å². The van der Waals surface area contributed by atoms with E-state index in [0.29, 0.717) is 18.3 Å². The van der Waals surface area contributed by atoms with Gasteiger partial charge in [-0.2, -0.15) is 0 Å². The number of amides is 3. The molecule has 1 saturated heterocycles. The molecule has 1 aliphatic rings. The van der Waals surface area contributed by atoms with Crippen LogP contribution in [-0.2, 0) is 11.3 Å². The molecule has 0 aliphatic carbocycles. The molecule has 6 heteroatoms. The van der Waals surface area contributed by atoms with Crippen LogP contribution in [0.1, 0.15) is 31.7 Å². The summed E-state index contributed by atoms with van der Waals surface area (Å²) in [6.07, 6.45) is 3.33.